The highest BCUT2D eigenvalue weighted by molar-refractivity contribution is 5.27. The summed E-state index contributed by atoms with van der Waals surface area (Å²) in [6.45, 7) is 8.62. The Balaban J connectivity index is 1.79. The number of nitrogens with one attached hydrogen (secondary N) is 2. The van der Waals surface area contributed by atoms with Crippen LogP contribution in [-0.2, 0) is 5.41 Å². The van der Waals surface area contributed by atoms with Crippen molar-refractivity contribution in [1.82, 2.24) is 15.3 Å². The van der Waals surface area contributed by atoms with Crippen molar-refractivity contribution >= 4 is 5.95 Å². The van der Waals surface area contributed by atoms with E-state index in [-0.39, 0.29) is 5.41 Å². The molecule has 0 saturated carbocycles. The average molecular weight is 248 g/mol. The molecule has 1 aliphatic heterocycles. The third-order valence-electron chi connectivity index (χ3n) is 3.46. The van der Waals surface area contributed by atoms with Gasteiger partial charge in [-0.1, -0.05) is 20.8 Å². The standard InChI is InChI=1S/C14H24N4/c1-14(2,3)11-9-17-13(18-10-11)16-8-6-12-5-4-7-15-12/h9-10,12,15H,4-8H2,1-3H3,(H,16,17,18). The quantitative estimate of drug-likeness (QED) is 0.858. The Hall–Kier alpha value is -1.16. The molecule has 1 unspecified atom stereocenters. The topological polar surface area (TPSA) is 49.8 Å². The first kappa shape index (κ1) is 13.3. The Morgan fingerprint density at radius 1 is 1.33 bits per heavy atom. The predicted molar refractivity (Wildman–Crippen MR) is 74.9 cm³/mol. The molecule has 0 aliphatic carbocycles. The van der Waals surface area contributed by atoms with Crippen molar-refractivity contribution in [2.45, 2.75) is 51.5 Å². The predicted octanol–water partition coefficient (Wildman–Crippen LogP) is 2.33. The largest absolute Gasteiger partial charge is 0.354 e. The maximum atomic E-state index is 4.37. The first-order valence-electron chi connectivity index (χ1n) is 6.85. The van der Waals surface area contributed by atoms with Crippen LogP contribution in [0.4, 0.5) is 5.95 Å². The Kier molecular flexibility index (Phi) is 4.17. The molecule has 0 bridgehead atoms. The summed E-state index contributed by atoms with van der Waals surface area (Å²) >= 11 is 0. The minimum atomic E-state index is 0.117. The van der Waals surface area contributed by atoms with E-state index in [1.807, 2.05) is 12.4 Å². The fourth-order valence-electron chi connectivity index (χ4n) is 2.17. The van der Waals surface area contributed by atoms with E-state index < -0.39 is 0 Å². The van der Waals surface area contributed by atoms with Gasteiger partial charge in [-0.15, -0.1) is 0 Å². The van der Waals surface area contributed by atoms with E-state index in [1.54, 1.807) is 0 Å². The lowest BCUT2D eigenvalue weighted by Gasteiger charge is -2.18. The van der Waals surface area contributed by atoms with Gasteiger partial charge in [0.05, 0.1) is 0 Å². The molecule has 100 valence electrons. The van der Waals surface area contributed by atoms with Gasteiger partial charge in [-0.2, -0.15) is 0 Å². The fraction of sp³-hybridized carbons (Fsp3) is 0.714. The lowest BCUT2D eigenvalue weighted by Crippen LogP contribution is -2.24. The van der Waals surface area contributed by atoms with Crippen LogP contribution in [0.15, 0.2) is 12.4 Å². The third-order valence-corrected chi connectivity index (χ3v) is 3.46. The fourth-order valence-corrected chi connectivity index (χ4v) is 2.17. The molecular weight excluding hydrogens is 224 g/mol. The lowest BCUT2D eigenvalue weighted by atomic mass is 9.89. The Labute approximate surface area is 110 Å². The molecule has 2 rings (SSSR count). The van der Waals surface area contributed by atoms with Crippen LogP contribution in [0.25, 0.3) is 0 Å². The molecule has 0 amide bonds. The van der Waals surface area contributed by atoms with Crippen molar-refractivity contribution in [3.63, 3.8) is 0 Å². The van der Waals surface area contributed by atoms with Crippen molar-refractivity contribution in [3.05, 3.63) is 18.0 Å². The van der Waals surface area contributed by atoms with Crippen molar-refractivity contribution < 1.29 is 0 Å². The molecule has 2 heterocycles. The minimum Gasteiger partial charge on any atom is -0.354 e. The van der Waals surface area contributed by atoms with Gasteiger partial charge in [0.2, 0.25) is 5.95 Å². The molecule has 18 heavy (non-hydrogen) atoms. The summed E-state index contributed by atoms with van der Waals surface area (Å²) in [5.74, 6) is 0.737. The highest BCUT2D eigenvalue weighted by Crippen LogP contribution is 2.20. The molecule has 4 nitrogen and oxygen atoms in total. The molecule has 1 aliphatic rings. The van der Waals surface area contributed by atoms with Crippen LogP contribution in [0.5, 0.6) is 0 Å². The highest BCUT2D eigenvalue weighted by atomic mass is 15.1. The molecule has 1 aromatic rings. The van der Waals surface area contributed by atoms with Crippen molar-refractivity contribution in [2.24, 2.45) is 0 Å². The second-order valence-corrected chi connectivity index (χ2v) is 6.05. The van der Waals surface area contributed by atoms with E-state index in [4.69, 9.17) is 0 Å². The van der Waals surface area contributed by atoms with Crippen molar-refractivity contribution in [1.29, 1.82) is 0 Å². The molecule has 1 atom stereocenters. The van der Waals surface area contributed by atoms with Crippen molar-refractivity contribution in [3.8, 4) is 0 Å². The normalized spacial score (nSPS) is 20.1. The van der Waals surface area contributed by atoms with E-state index in [2.05, 4.69) is 41.4 Å². The number of nitrogens with zero attached hydrogens (tertiary/aromatic N) is 2. The van der Waals surface area contributed by atoms with Gasteiger partial charge >= 0.3 is 0 Å². The molecule has 4 heteroatoms. The van der Waals surface area contributed by atoms with Gasteiger partial charge in [-0.25, -0.2) is 9.97 Å². The van der Waals surface area contributed by atoms with Crippen LogP contribution in [0.1, 0.15) is 45.6 Å². The van der Waals surface area contributed by atoms with Crippen LogP contribution < -0.4 is 10.6 Å². The molecule has 0 radical (unpaired) electrons. The second-order valence-electron chi connectivity index (χ2n) is 6.05. The van der Waals surface area contributed by atoms with Gasteiger partial charge in [0.15, 0.2) is 0 Å². The second kappa shape index (κ2) is 5.65. The van der Waals surface area contributed by atoms with E-state index in [0.717, 1.165) is 18.9 Å². The summed E-state index contributed by atoms with van der Waals surface area (Å²) in [4.78, 5) is 8.73. The van der Waals surface area contributed by atoms with Crippen LogP contribution in [-0.4, -0.2) is 29.1 Å². The molecule has 1 saturated heterocycles. The van der Waals surface area contributed by atoms with E-state index in [1.165, 1.54) is 24.9 Å². The number of aromatic nitrogens is 2. The van der Waals surface area contributed by atoms with Crippen LogP contribution >= 0.6 is 0 Å². The zero-order chi connectivity index (χ0) is 13.0. The molecule has 0 aromatic carbocycles. The van der Waals surface area contributed by atoms with Gasteiger partial charge in [0, 0.05) is 25.0 Å². The Bertz CT molecular complexity index is 360. The van der Waals surface area contributed by atoms with Crippen molar-refractivity contribution in [2.75, 3.05) is 18.4 Å². The summed E-state index contributed by atoms with van der Waals surface area (Å²) in [6, 6.07) is 0.673. The summed E-state index contributed by atoms with van der Waals surface area (Å²) in [7, 11) is 0. The highest BCUT2D eigenvalue weighted by Gasteiger charge is 2.15. The minimum absolute atomic E-state index is 0.117. The van der Waals surface area contributed by atoms with Crippen LogP contribution in [0, 0.1) is 0 Å². The summed E-state index contributed by atoms with van der Waals surface area (Å²) in [5, 5.41) is 6.78. The zero-order valence-corrected chi connectivity index (χ0v) is 11.7. The van der Waals surface area contributed by atoms with Gasteiger partial charge in [0.25, 0.3) is 0 Å². The van der Waals surface area contributed by atoms with E-state index in [0.29, 0.717) is 6.04 Å². The lowest BCUT2D eigenvalue weighted by molar-refractivity contribution is 0.572. The van der Waals surface area contributed by atoms with Gasteiger partial charge in [0.1, 0.15) is 0 Å². The zero-order valence-electron chi connectivity index (χ0n) is 11.7. The number of hydrogen-bond donors (Lipinski definition) is 2. The Morgan fingerprint density at radius 2 is 2.06 bits per heavy atom. The van der Waals surface area contributed by atoms with E-state index in [9.17, 15) is 0 Å². The summed E-state index contributed by atoms with van der Waals surface area (Å²) < 4.78 is 0. The number of hydrogen-bond acceptors (Lipinski definition) is 4. The number of rotatable bonds is 4. The Morgan fingerprint density at radius 3 is 2.61 bits per heavy atom. The third kappa shape index (κ3) is 3.67. The van der Waals surface area contributed by atoms with Crippen LogP contribution in [0.3, 0.4) is 0 Å². The molecule has 0 spiro atoms. The maximum Gasteiger partial charge on any atom is 0.222 e. The van der Waals surface area contributed by atoms with Gasteiger partial charge in [-0.3, -0.25) is 0 Å². The first-order valence-corrected chi connectivity index (χ1v) is 6.85. The van der Waals surface area contributed by atoms with Gasteiger partial charge in [-0.05, 0) is 36.8 Å². The van der Waals surface area contributed by atoms with Gasteiger partial charge < -0.3 is 10.6 Å². The number of anilines is 1. The first-order chi connectivity index (χ1) is 8.55. The molecule has 2 N–H and O–H groups in total. The summed E-state index contributed by atoms with van der Waals surface area (Å²) in [5.41, 5.74) is 1.29. The average Bonchev–Trinajstić information content (AvgIpc) is 2.82. The smallest absolute Gasteiger partial charge is 0.222 e. The SMILES string of the molecule is CC(C)(C)c1cnc(NCCC2CCCN2)nc1. The van der Waals surface area contributed by atoms with E-state index >= 15 is 0 Å². The molecule has 1 fully saturated rings. The molecule has 1 aromatic heterocycles. The maximum absolute atomic E-state index is 4.37. The summed E-state index contributed by atoms with van der Waals surface area (Å²) in [6.07, 6.45) is 7.59. The monoisotopic (exact) mass is 248 g/mol. The van der Waals surface area contributed by atoms with Crippen LogP contribution in [0.2, 0.25) is 0 Å². The molecular formula is C14H24N4.